The Morgan fingerprint density at radius 2 is 1.82 bits per heavy atom. The van der Waals surface area contributed by atoms with E-state index in [-0.39, 0.29) is 0 Å². The van der Waals surface area contributed by atoms with Gasteiger partial charge in [0.05, 0.1) is 0 Å². The number of rotatable bonds is 8. The van der Waals surface area contributed by atoms with E-state index in [1.165, 1.54) is 18.5 Å². The molecule has 0 aliphatic carbocycles. The van der Waals surface area contributed by atoms with Gasteiger partial charge in [0.25, 0.3) is 0 Å². The Labute approximate surface area is 106 Å². The molecule has 1 N–H and O–H groups in total. The van der Waals surface area contributed by atoms with E-state index in [1.54, 1.807) is 0 Å². The predicted molar refractivity (Wildman–Crippen MR) is 76.7 cm³/mol. The Bertz CT molecular complexity index is 282. The highest BCUT2D eigenvalue weighted by Crippen LogP contribution is 2.09. The van der Waals surface area contributed by atoms with Gasteiger partial charge in [-0.2, -0.15) is 0 Å². The van der Waals surface area contributed by atoms with Crippen LogP contribution in [0.2, 0.25) is 0 Å². The van der Waals surface area contributed by atoms with Crippen LogP contribution in [0.1, 0.15) is 26.7 Å². The van der Waals surface area contributed by atoms with Gasteiger partial charge < -0.3 is 10.2 Å². The largest absolute Gasteiger partial charge is 0.373 e. The lowest BCUT2D eigenvalue weighted by molar-refractivity contribution is 0.529. The molecular weight excluding hydrogens is 208 g/mol. The van der Waals surface area contributed by atoms with Gasteiger partial charge in [0, 0.05) is 25.8 Å². The van der Waals surface area contributed by atoms with Crippen molar-refractivity contribution in [3.8, 4) is 0 Å². The Kier molecular flexibility index (Phi) is 6.71. The van der Waals surface area contributed by atoms with E-state index in [0.29, 0.717) is 0 Å². The molecule has 2 nitrogen and oxygen atoms in total. The molecule has 0 aromatic heterocycles. The van der Waals surface area contributed by atoms with Crippen molar-refractivity contribution >= 4 is 5.69 Å². The van der Waals surface area contributed by atoms with Crippen LogP contribution < -0.4 is 10.2 Å². The normalized spacial score (nSPS) is 10.8. The van der Waals surface area contributed by atoms with E-state index in [1.807, 2.05) is 0 Å². The second-order valence-corrected chi connectivity index (χ2v) is 5.04. The maximum atomic E-state index is 3.50. The lowest BCUT2D eigenvalue weighted by Gasteiger charge is -2.19. The molecule has 0 heterocycles. The first kappa shape index (κ1) is 14.0. The molecule has 0 amide bonds. The molecule has 2 heteroatoms. The second-order valence-electron chi connectivity index (χ2n) is 5.04. The molecular formula is C15H26N2. The summed E-state index contributed by atoms with van der Waals surface area (Å²) >= 11 is 0. The van der Waals surface area contributed by atoms with Gasteiger partial charge in [-0.15, -0.1) is 0 Å². The van der Waals surface area contributed by atoms with E-state index in [0.717, 1.165) is 25.6 Å². The third-order valence-electron chi connectivity index (χ3n) is 2.96. The summed E-state index contributed by atoms with van der Waals surface area (Å²) in [5.41, 5.74) is 1.29. The van der Waals surface area contributed by atoms with Crippen molar-refractivity contribution in [3.63, 3.8) is 0 Å². The van der Waals surface area contributed by atoms with E-state index in [9.17, 15) is 0 Å². The zero-order valence-corrected chi connectivity index (χ0v) is 11.4. The molecule has 1 rings (SSSR count). The number of likely N-dealkylation sites (N-methyl/N-ethyl adjacent to an activating group) is 1. The van der Waals surface area contributed by atoms with E-state index in [4.69, 9.17) is 0 Å². The molecule has 0 spiro atoms. The van der Waals surface area contributed by atoms with Gasteiger partial charge in [-0.05, 0) is 37.4 Å². The van der Waals surface area contributed by atoms with Crippen molar-refractivity contribution in [3.05, 3.63) is 30.3 Å². The standard InChI is InChI=1S/C15H26N2/c1-14(2)8-7-11-16-12-13-17(3)15-9-5-4-6-10-15/h4-6,9-10,14,16H,7-8,11-13H2,1-3H3. The van der Waals surface area contributed by atoms with Crippen molar-refractivity contribution in [1.29, 1.82) is 0 Å². The fraction of sp³-hybridized carbons (Fsp3) is 0.600. The third kappa shape index (κ3) is 6.32. The second kappa shape index (κ2) is 8.13. The van der Waals surface area contributed by atoms with E-state index in [2.05, 4.69) is 61.4 Å². The van der Waals surface area contributed by atoms with Crippen LogP contribution in [0.4, 0.5) is 5.69 Å². The van der Waals surface area contributed by atoms with Crippen LogP contribution in [0.15, 0.2) is 30.3 Å². The molecule has 0 bridgehead atoms. The number of hydrogen-bond acceptors (Lipinski definition) is 2. The van der Waals surface area contributed by atoms with Crippen LogP contribution in [0.25, 0.3) is 0 Å². The molecule has 0 atom stereocenters. The minimum Gasteiger partial charge on any atom is -0.373 e. The number of para-hydroxylation sites is 1. The highest BCUT2D eigenvalue weighted by molar-refractivity contribution is 5.44. The van der Waals surface area contributed by atoms with Crippen molar-refractivity contribution < 1.29 is 0 Å². The summed E-state index contributed by atoms with van der Waals surface area (Å²) < 4.78 is 0. The van der Waals surface area contributed by atoms with Crippen LogP contribution >= 0.6 is 0 Å². The summed E-state index contributed by atoms with van der Waals surface area (Å²) in [6.07, 6.45) is 2.61. The summed E-state index contributed by atoms with van der Waals surface area (Å²) in [5.74, 6) is 0.823. The first-order chi connectivity index (χ1) is 8.20. The average molecular weight is 234 g/mol. The molecule has 1 aromatic rings. The molecule has 0 saturated carbocycles. The molecule has 96 valence electrons. The lowest BCUT2D eigenvalue weighted by Crippen LogP contribution is -2.29. The molecule has 0 saturated heterocycles. The Morgan fingerprint density at radius 1 is 1.12 bits per heavy atom. The van der Waals surface area contributed by atoms with Crippen LogP contribution in [0, 0.1) is 5.92 Å². The highest BCUT2D eigenvalue weighted by atomic mass is 15.1. The topological polar surface area (TPSA) is 15.3 Å². The molecule has 0 radical (unpaired) electrons. The van der Waals surface area contributed by atoms with Gasteiger partial charge >= 0.3 is 0 Å². The smallest absolute Gasteiger partial charge is 0.0364 e. The van der Waals surface area contributed by atoms with Gasteiger partial charge in [0.15, 0.2) is 0 Å². The fourth-order valence-corrected chi connectivity index (χ4v) is 1.82. The van der Waals surface area contributed by atoms with Gasteiger partial charge in [-0.25, -0.2) is 0 Å². The summed E-state index contributed by atoms with van der Waals surface area (Å²) in [6.45, 7) is 7.82. The zero-order chi connectivity index (χ0) is 12.5. The van der Waals surface area contributed by atoms with Gasteiger partial charge in [-0.1, -0.05) is 32.0 Å². The van der Waals surface area contributed by atoms with E-state index >= 15 is 0 Å². The zero-order valence-electron chi connectivity index (χ0n) is 11.4. The minimum atomic E-state index is 0.823. The SMILES string of the molecule is CC(C)CCCNCCN(C)c1ccccc1. The number of hydrogen-bond donors (Lipinski definition) is 1. The predicted octanol–water partition coefficient (Wildman–Crippen LogP) is 3.15. The van der Waals surface area contributed by atoms with Gasteiger partial charge in [-0.3, -0.25) is 0 Å². The monoisotopic (exact) mass is 234 g/mol. The van der Waals surface area contributed by atoms with E-state index < -0.39 is 0 Å². The summed E-state index contributed by atoms with van der Waals surface area (Å²) in [4.78, 5) is 2.29. The third-order valence-corrected chi connectivity index (χ3v) is 2.96. The van der Waals surface area contributed by atoms with Crippen LogP contribution in [0.3, 0.4) is 0 Å². The summed E-state index contributed by atoms with van der Waals surface area (Å²) in [6, 6.07) is 10.5. The van der Waals surface area contributed by atoms with Crippen LogP contribution in [0.5, 0.6) is 0 Å². The Balaban J connectivity index is 2.07. The van der Waals surface area contributed by atoms with Crippen molar-refractivity contribution in [2.24, 2.45) is 5.92 Å². The lowest BCUT2D eigenvalue weighted by atomic mass is 10.1. The Morgan fingerprint density at radius 3 is 2.47 bits per heavy atom. The maximum absolute atomic E-state index is 3.50. The minimum absolute atomic E-state index is 0.823. The van der Waals surface area contributed by atoms with Crippen molar-refractivity contribution in [1.82, 2.24) is 5.32 Å². The molecule has 0 unspecified atom stereocenters. The number of anilines is 1. The first-order valence-electron chi connectivity index (χ1n) is 6.67. The van der Waals surface area contributed by atoms with Gasteiger partial charge in [0.2, 0.25) is 0 Å². The van der Waals surface area contributed by atoms with Crippen molar-refractivity contribution in [2.75, 3.05) is 31.6 Å². The first-order valence-corrected chi connectivity index (χ1v) is 6.67. The molecule has 1 aromatic carbocycles. The summed E-state index contributed by atoms with van der Waals surface area (Å²) in [7, 11) is 2.14. The number of nitrogens with one attached hydrogen (secondary N) is 1. The Hall–Kier alpha value is -1.02. The van der Waals surface area contributed by atoms with Crippen molar-refractivity contribution in [2.45, 2.75) is 26.7 Å². The molecule has 0 aliphatic rings. The van der Waals surface area contributed by atoms with Crippen LogP contribution in [-0.2, 0) is 0 Å². The van der Waals surface area contributed by atoms with Crippen LogP contribution in [-0.4, -0.2) is 26.7 Å². The summed E-state index contributed by atoms with van der Waals surface area (Å²) in [5, 5.41) is 3.50. The average Bonchev–Trinajstić information content (AvgIpc) is 2.34. The quantitative estimate of drug-likeness (QED) is 0.695. The fourth-order valence-electron chi connectivity index (χ4n) is 1.82. The highest BCUT2D eigenvalue weighted by Gasteiger charge is 1.98. The molecule has 0 fully saturated rings. The molecule has 0 aliphatic heterocycles. The number of nitrogens with zero attached hydrogens (tertiary/aromatic N) is 1. The maximum Gasteiger partial charge on any atom is 0.0364 e. The van der Waals surface area contributed by atoms with Gasteiger partial charge in [0.1, 0.15) is 0 Å². The molecule has 17 heavy (non-hydrogen) atoms. The number of benzene rings is 1.